The predicted molar refractivity (Wildman–Crippen MR) is 114 cm³/mol. The van der Waals surface area contributed by atoms with Crippen molar-refractivity contribution in [1.82, 2.24) is 10.2 Å². The fourth-order valence-corrected chi connectivity index (χ4v) is 3.14. The number of carbonyl (C=O) groups excluding carboxylic acids is 2. The Bertz CT molecular complexity index is 818. The minimum absolute atomic E-state index is 0.0769. The maximum absolute atomic E-state index is 14.1. The quantitative estimate of drug-likeness (QED) is 0.686. The second-order valence-corrected chi connectivity index (χ2v) is 7.84. The number of nitrogens with zero attached hydrogens (tertiary/aromatic N) is 1. The van der Waals surface area contributed by atoms with E-state index >= 15 is 0 Å². The number of amides is 2. The van der Waals surface area contributed by atoms with Gasteiger partial charge in [0.15, 0.2) is 0 Å². The van der Waals surface area contributed by atoms with Gasteiger partial charge in [-0.2, -0.15) is 0 Å². The van der Waals surface area contributed by atoms with Gasteiger partial charge in [-0.05, 0) is 36.5 Å². The minimum atomic E-state index is -0.602. The van der Waals surface area contributed by atoms with Crippen molar-refractivity contribution in [2.24, 2.45) is 5.92 Å². The summed E-state index contributed by atoms with van der Waals surface area (Å²) in [6, 6.07) is 13.5. The number of hydrogen-bond acceptors (Lipinski definition) is 2. The van der Waals surface area contributed by atoms with Crippen LogP contribution in [0.1, 0.15) is 43.9 Å². The summed E-state index contributed by atoms with van der Waals surface area (Å²) < 4.78 is 14.1. The van der Waals surface area contributed by atoms with Crippen LogP contribution in [0.3, 0.4) is 0 Å². The molecule has 156 valence electrons. The van der Waals surface area contributed by atoms with Gasteiger partial charge in [-0.15, -0.1) is 0 Å². The first-order valence-corrected chi connectivity index (χ1v) is 10.2. The molecule has 4 nitrogen and oxygen atoms in total. The molecule has 29 heavy (non-hydrogen) atoms. The van der Waals surface area contributed by atoms with E-state index in [2.05, 4.69) is 5.32 Å². The van der Waals surface area contributed by atoms with Gasteiger partial charge in [0.2, 0.25) is 11.8 Å². The standard InChI is InChI=1S/C24H31FN2O2/c1-5-22(24(29)26-15-17(2)3)27(16-19-12-10-18(4)11-13-19)23(28)14-20-8-6-7-9-21(20)25/h6-13,17,22H,5,14-16H2,1-4H3,(H,26,29)/t22-/m1/s1. The molecule has 2 rings (SSSR count). The zero-order valence-corrected chi connectivity index (χ0v) is 17.7. The maximum Gasteiger partial charge on any atom is 0.242 e. The topological polar surface area (TPSA) is 49.4 Å². The van der Waals surface area contributed by atoms with Crippen LogP contribution in [0.4, 0.5) is 4.39 Å². The van der Waals surface area contributed by atoms with Gasteiger partial charge in [0.05, 0.1) is 6.42 Å². The van der Waals surface area contributed by atoms with Crippen molar-refractivity contribution in [3.05, 3.63) is 71.0 Å². The zero-order chi connectivity index (χ0) is 21.4. The molecule has 0 aliphatic rings. The largest absolute Gasteiger partial charge is 0.354 e. The second kappa shape index (κ2) is 10.7. The van der Waals surface area contributed by atoms with Gasteiger partial charge in [-0.25, -0.2) is 4.39 Å². The molecule has 0 spiro atoms. The van der Waals surface area contributed by atoms with Gasteiger partial charge in [-0.3, -0.25) is 9.59 Å². The SMILES string of the molecule is CC[C@H](C(=O)NCC(C)C)N(Cc1ccc(C)cc1)C(=O)Cc1ccccc1F. The molecular formula is C24H31FN2O2. The van der Waals surface area contributed by atoms with E-state index in [1.807, 2.05) is 52.0 Å². The van der Waals surface area contributed by atoms with Gasteiger partial charge in [0, 0.05) is 13.1 Å². The zero-order valence-electron chi connectivity index (χ0n) is 17.7. The Morgan fingerprint density at radius 3 is 2.31 bits per heavy atom. The van der Waals surface area contributed by atoms with Gasteiger partial charge >= 0.3 is 0 Å². The summed E-state index contributed by atoms with van der Waals surface area (Å²) >= 11 is 0. The third kappa shape index (κ3) is 6.70. The monoisotopic (exact) mass is 398 g/mol. The summed E-state index contributed by atoms with van der Waals surface area (Å²) in [7, 11) is 0. The molecule has 0 radical (unpaired) electrons. The first-order valence-electron chi connectivity index (χ1n) is 10.2. The van der Waals surface area contributed by atoms with Gasteiger partial charge in [0.25, 0.3) is 0 Å². The van der Waals surface area contributed by atoms with Crippen LogP contribution in [-0.4, -0.2) is 29.3 Å². The molecule has 0 unspecified atom stereocenters. The van der Waals surface area contributed by atoms with E-state index < -0.39 is 11.9 Å². The average molecular weight is 399 g/mol. The Morgan fingerprint density at radius 2 is 1.72 bits per heavy atom. The van der Waals surface area contributed by atoms with Crippen LogP contribution in [0.25, 0.3) is 0 Å². The average Bonchev–Trinajstić information content (AvgIpc) is 2.69. The number of rotatable bonds is 9. The molecule has 1 N–H and O–H groups in total. The van der Waals surface area contributed by atoms with Crippen LogP contribution in [0.15, 0.2) is 48.5 Å². The Balaban J connectivity index is 2.27. The summed E-state index contributed by atoms with van der Waals surface area (Å²) in [6.45, 7) is 8.79. The molecule has 0 aromatic heterocycles. The second-order valence-electron chi connectivity index (χ2n) is 7.84. The van der Waals surface area contributed by atoms with Crippen LogP contribution >= 0.6 is 0 Å². The molecule has 0 saturated heterocycles. The predicted octanol–water partition coefficient (Wildman–Crippen LogP) is 4.26. The number of nitrogens with one attached hydrogen (secondary N) is 1. The Kier molecular flexibility index (Phi) is 8.37. The van der Waals surface area contributed by atoms with Gasteiger partial charge in [-0.1, -0.05) is 68.8 Å². The lowest BCUT2D eigenvalue weighted by Gasteiger charge is -2.31. The maximum atomic E-state index is 14.1. The van der Waals surface area contributed by atoms with Crippen molar-refractivity contribution in [2.75, 3.05) is 6.54 Å². The van der Waals surface area contributed by atoms with E-state index in [0.29, 0.717) is 31.0 Å². The Morgan fingerprint density at radius 1 is 1.07 bits per heavy atom. The van der Waals surface area contributed by atoms with E-state index in [-0.39, 0.29) is 18.2 Å². The van der Waals surface area contributed by atoms with Crippen molar-refractivity contribution in [2.45, 2.75) is 53.1 Å². The van der Waals surface area contributed by atoms with Crippen molar-refractivity contribution in [3.63, 3.8) is 0 Å². The van der Waals surface area contributed by atoms with Crippen molar-refractivity contribution in [3.8, 4) is 0 Å². The van der Waals surface area contributed by atoms with Crippen LogP contribution < -0.4 is 5.32 Å². The highest BCUT2D eigenvalue weighted by molar-refractivity contribution is 5.88. The first kappa shape index (κ1) is 22.6. The smallest absolute Gasteiger partial charge is 0.242 e. The summed E-state index contributed by atoms with van der Waals surface area (Å²) in [5.74, 6) is -0.526. The van der Waals surface area contributed by atoms with E-state index in [1.54, 1.807) is 23.1 Å². The third-order valence-corrected chi connectivity index (χ3v) is 4.84. The Labute approximate surface area is 173 Å². The number of carbonyl (C=O) groups is 2. The van der Waals surface area contributed by atoms with Crippen LogP contribution in [0.5, 0.6) is 0 Å². The van der Waals surface area contributed by atoms with Crippen LogP contribution in [-0.2, 0) is 22.6 Å². The molecule has 2 aromatic rings. The van der Waals surface area contributed by atoms with Gasteiger partial charge in [0.1, 0.15) is 11.9 Å². The molecule has 2 aromatic carbocycles. The van der Waals surface area contributed by atoms with Crippen molar-refractivity contribution >= 4 is 11.8 Å². The summed E-state index contributed by atoms with van der Waals surface area (Å²) in [6.07, 6.45) is 0.408. The molecule has 0 fully saturated rings. The molecule has 0 heterocycles. The highest BCUT2D eigenvalue weighted by Gasteiger charge is 2.29. The fraction of sp³-hybridized carbons (Fsp3) is 0.417. The molecule has 0 bridgehead atoms. The van der Waals surface area contributed by atoms with Gasteiger partial charge < -0.3 is 10.2 Å². The van der Waals surface area contributed by atoms with Crippen molar-refractivity contribution in [1.29, 1.82) is 0 Å². The lowest BCUT2D eigenvalue weighted by molar-refractivity contribution is -0.141. The molecule has 1 atom stereocenters. The summed E-state index contributed by atoms with van der Waals surface area (Å²) in [5, 5.41) is 2.93. The normalized spacial score (nSPS) is 11.9. The number of halogens is 1. The Hall–Kier alpha value is -2.69. The van der Waals surface area contributed by atoms with Crippen molar-refractivity contribution < 1.29 is 14.0 Å². The molecule has 5 heteroatoms. The van der Waals surface area contributed by atoms with Crippen LogP contribution in [0, 0.1) is 18.7 Å². The molecule has 0 aliphatic heterocycles. The van der Waals surface area contributed by atoms with E-state index in [4.69, 9.17) is 0 Å². The summed E-state index contributed by atoms with van der Waals surface area (Å²) in [4.78, 5) is 27.5. The summed E-state index contributed by atoms with van der Waals surface area (Å²) in [5.41, 5.74) is 2.40. The minimum Gasteiger partial charge on any atom is -0.354 e. The van der Waals surface area contributed by atoms with Crippen LogP contribution in [0.2, 0.25) is 0 Å². The van der Waals surface area contributed by atoms with E-state index in [9.17, 15) is 14.0 Å². The molecule has 0 aliphatic carbocycles. The lowest BCUT2D eigenvalue weighted by atomic mass is 10.1. The highest BCUT2D eigenvalue weighted by atomic mass is 19.1. The fourth-order valence-electron chi connectivity index (χ4n) is 3.14. The third-order valence-electron chi connectivity index (χ3n) is 4.84. The number of aryl methyl sites for hydroxylation is 1. The molecule has 0 saturated carbocycles. The van der Waals surface area contributed by atoms with E-state index in [0.717, 1.165) is 11.1 Å². The highest BCUT2D eigenvalue weighted by Crippen LogP contribution is 2.16. The lowest BCUT2D eigenvalue weighted by Crippen LogP contribution is -2.50. The number of hydrogen-bond donors (Lipinski definition) is 1. The number of benzene rings is 2. The molecule has 2 amide bonds. The van der Waals surface area contributed by atoms with E-state index in [1.165, 1.54) is 6.07 Å². The molecular weight excluding hydrogens is 367 g/mol. The first-order chi connectivity index (χ1) is 13.8.